The van der Waals surface area contributed by atoms with Crippen LogP contribution in [0.15, 0.2) is 36.4 Å². The predicted octanol–water partition coefficient (Wildman–Crippen LogP) is 6.15. The number of nitrogens with zero attached hydrogens (tertiary/aromatic N) is 1. The average Bonchev–Trinajstić information content (AvgIpc) is 2.57. The van der Waals surface area contributed by atoms with Gasteiger partial charge in [-0.1, -0.05) is 52.5 Å². The molecule has 0 spiro atoms. The molecule has 1 amide bonds. The Morgan fingerprint density at radius 1 is 1.08 bits per heavy atom. The Balaban J connectivity index is 1.65. The second kappa shape index (κ2) is 8.81. The van der Waals surface area contributed by atoms with Gasteiger partial charge in [-0.2, -0.15) is 0 Å². The molecule has 0 aromatic heterocycles. The van der Waals surface area contributed by atoms with E-state index in [4.69, 9.17) is 46.4 Å². The first-order chi connectivity index (χ1) is 12.4. The van der Waals surface area contributed by atoms with Gasteiger partial charge in [-0.05, 0) is 49.7 Å². The van der Waals surface area contributed by atoms with Crippen molar-refractivity contribution >= 4 is 58.0 Å². The fourth-order valence-corrected chi connectivity index (χ4v) is 4.23. The van der Waals surface area contributed by atoms with Crippen LogP contribution in [0, 0.1) is 5.92 Å². The van der Waals surface area contributed by atoms with E-state index in [9.17, 15) is 4.79 Å². The van der Waals surface area contributed by atoms with Crippen molar-refractivity contribution in [2.75, 3.05) is 18.4 Å². The maximum absolute atomic E-state index is 12.6. The highest BCUT2D eigenvalue weighted by atomic mass is 35.5. The molecule has 1 N–H and O–H groups in total. The zero-order valence-electron chi connectivity index (χ0n) is 13.9. The molecule has 26 heavy (non-hydrogen) atoms. The SMILES string of the molecule is O=C(Nc1cc(Cl)cc(Cl)c1)[C@H]1CCCN(Cc2c(Cl)cccc2Cl)C1. The Morgan fingerprint density at radius 2 is 1.73 bits per heavy atom. The fourth-order valence-electron chi connectivity index (χ4n) is 3.19. The summed E-state index contributed by atoms with van der Waals surface area (Å²) in [6.45, 7) is 2.20. The number of amides is 1. The number of benzene rings is 2. The van der Waals surface area contributed by atoms with E-state index in [0.717, 1.165) is 24.9 Å². The van der Waals surface area contributed by atoms with Crippen LogP contribution in [-0.2, 0) is 11.3 Å². The minimum atomic E-state index is -0.109. The van der Waals surface area contributed by atoms with E-state index >= 15 is 0 Å². The lowest BCUT2D eigenvalue weighted by Crippen LogP contribution is -2.40. The van der Waals surface area contributed by atoms with Crippen molar-refractivity contribution in [3.8, 4) is 0 Å². The molecule has 0 radical (unpaired) electrons. The highest BCUT2D eigenvalue weighted by Crippen LogP contribution is 2.28. The van der Waals surface area contributed by atoms with Gasteiger partial charge in [0.2, 0.25) is 5.91 Å². The van der Waals surface area contributed by atoms with Crippen molar-refractivity contribution in [2.24, 2.45) is 5.92 Å². The third-order valence-corrected chi connectivity index (χ3v) is 5.59. The van der Waals surface area contributed by atoms with E-state index in [2.05, 4.69) is 10.2 Å². The summed E-state index contributed by atoms with van der Waals surface area (Å²) in [6, 6.07) is 10.5. The maximum atomic E-state index is 12.6. The molecule has 0 aliphatic carbocycles. The number of hydrogen-bond acceptors (Lipinski definition) is 2. The molecule has 7 heteroatoms. The van der Waals surface area contributed by atoms with Crippen LogP contribution in [0.3, 0.4) is 0 Å². The summed E-state index contributed by atoms with van der Waals surface area (Å²) in [5.74, 6) is -0.138. The first kappa shape index (κ1) is 19.8. The summed E-state index contributed by atoms with van der Waals surface area (Å²) in [5, 5.41) is 5.20. The number of likely N-dealkylation sites (tertiary alicyclic amines) is 1. The zero-order chi connectivity index (χ0) is 18.7. The van der Waals surface area contributed by atoms with Crippen molar-refractivity contribution in [1.82, 2.24) is 4.90 Å². The summed E-state index contributed by atoms with van der Waals surface area (Å²) < 4.78 is 0. The molecule has 1 atom stereocenters. The number of carbonyl (C=O) groups is 1. The van der Waals surface area contributed by atoms with E-state index in [1.165, 1.54) is 0 Å². The largest absolute Gasteiger partial charge is 0.326 e. The standard InChI is InChI=1S/C19H18Cl4N2O/c20-13-7-14(21)9-15(8-13)24-19(26)12-3-2-6-25(10-12)11-16-17(22)4-1-5-18(16)23/h1,4-5,7-9,12H,2-3,6,10-11H2,(H,24,26)/t12-/m0/s1. The highest BCUT2D eigenvalue weighted by Gasteiger charge is 2.26. The summed E-state index contributed by atoms with van der Waals surface area (Å²) in [5.41, 5.74) is 1.51. The van der Waals surface area contributed by atoms with Gasteiger partial charge in [-0.3, -0.25) is 9.69 Å². The van der Waals surface area contributed by atoms with Crippen molar-refractivity contribution in [1.29, 1.82) is 0 Å². The zero-order valence-corrected chi connectivity index (χ0v) is 17.0. The number of anilines is 1. The Hall–Kier alpha value is -0.970. The molecule has 0 unspecified atom stereocenters. The molecule has 138 valence electrons. The molecule has 0 bridgehead atoms. The lowest BCUT2D eigenvalue weighted by Gasteiger charge is -2.32. The molecule has 2 aromatic rings. The summed E-state index contributed by atoms with van der Waals surface area (Å²) >= 11 is 24.5. The van der Waals surface area contributed by atoms with Gasteiger partial charge in [-0.15, -0.1) is 0 Å². The van der Waals surface area contributed by atoms with E-state index in [0.29, 0.717) is 38.9 Å². The van der Waals surface area contributed by atoms with Gasteiger partial charge in [-0.25, -0.2) is 0 Å². The molecule has 3 rings (SSSR count). The molecule has 1 aliphatic heterocycles. The molecule has 0 saturated carbocycles. The first-order valence-electron chi connectivity index (χ1n) is 8.34. The van der Waals surface area contributed by atoms with E-state index < -0.39 is 0 Å². The Morgan fingerprint density at radius 3 is 2.38 bits per heavy atom. The van der Waals surface area contributed by atoms with Crippen LogP contribution >= 0.6 is 46.4 Å². The molecule has 2 aromatic carbocycles. The topological polar surface area (TPSA) is 32.3 Å². The van der Waals surface area contributed by atoms with Crippen LogP contribution in [0.25, 0.3) is 0 Å². The summed E-state index contributed by atoms with van der Waals surface area (Å²) in [7, 11) is 0. The predicted molar refractivity (Wildman–Crippen MR) is 110 cm³/mol. The molecule has 1 aliphatic rings. The minimum Gasteiger partial charge on any atom is -0.326 e. The second-order valence-corrected chi connectivity index (χ2v) is 8.11. The quantitative estimate of drug-likeness (QED) is 0.629. The molecule has 1 saturated heterocycles. The molecular weight excluding hydrogens is 414 g/mol. The number of carbonyl (C=O) groups excluding carboxylic acids is 1. The van der Waals surface area contributed by atoms with Gasteiger partial charge in [0.25, 0.3) is 0 Å². The van der Waals surface area contributed by atoms with E-state index in [-0.39, 0.29) is 11.8 Å². The van der Waals surface area contributed by atoms with E-state index in [1.54, 1.807) is 18.2 Å². The van der Waals surface area contributed by atoms with Crippen LogP contribution in [0.4, 0.5) is 5.69 Å². The Bertz CT molecular complexity index is 772. The number of hydrogen-bond donors (Lipinski definition) is 1. The van der Waals surface area contributed by atoms with Gasteiger partial charge in [0, 0.05) is 44.4 Å². The third-order valence-electron chi connectivity index (χ3n) is 4.45. The number of nitrogens with one attached hydrogen (secondary N) is 1. The molecule has 1 heterocycles. The highest BCUT2D eigenvalue weighted by molar-refractivity contribution is 6.36. The number of halogens is 4. The van der Waals surface area contributed by atoms with Gasteiger partial charge in [0.15, 0.2) is 0 Å². The summed E-state index contributed by atoms with van der Waals surface area (Å²) in [6.07, 6.45) is 1.78. The smallest absolute Gasteiger partial charge is 0.228 e. The minimum absolute atomic E-state index is 0.0294. The monoisotopic (exact) mass is 430 g/mol. The maximum Gasteiger partial charge on any atom is 0.228 e. The van der Waals surface area contributed by atoms with Crippen molar-refractivity contribution in [2.45, 2.75) is 19.4 Å². The number of piperidine rings is 1. The lowest BCUT2D eigenvalue weighted by molar-refractivity contribution is -0.121. The van der Waals surface area contributed by atoms with Crippen LogP contribution in [0.2, 0.25) is 20.1 Å². The fraction of sp³-hybridized carbons (Fsp3) is 0.316. The van der Waals surface area contributed by atoms with Crippen molar-refractivity contribution in [3.05, 3.63) is 62.1 Å². The molecule has 3 nitrogen and oxygen atoms in total. The first-order valence-corrected chi connectivity index (χ1v) is 9.86. The normalized spacial score (nSPS) is 17.9. The second-order valence-electron chi connectivity index (χ2n) is 6.42. The van der Waals surface area contributed by atoms with E-state index in [1.807, 2.05) is 18.2 Å². The number of rotatable bonds is 4. The van der Waals surface area contributed by atoms with Gasteiger partial charge < -0.3 is 5.32 Å². The van der Waals surface area contributed by atoms with Gasteiger partial charge in [0.05, 0.1) is 5.92 Å². The summed E-state index contributed by atoms with van der Waals surface area (Å²) in [4.78, 5) is 14.9. The third kappa shape index (κ3) is 5.05. The van der Waals surface area contributed by atoms with Gasteiger partial charge >= 0.3 is 0 Å². The van der Waals surface area contributed by atoms with Gasteiger partial charge in [0.1, 0.15) is 0 Å². The molecule has 1 fully saturated rings. The van der Waals surface area contributed by atoms with Crippen LogP contribution < -0.4 is 5.32 Å². The van der Waals surface area contributed by atoms with Crippen LogP contribution in [-0.4, -0.2) is 23.9 Å². The Kier molecular flexibility index (Phi) is 6.70. The van der Waals surface area contributed by atoms with Crippen molar-refractivity contribution < 1.29 is 4.79 Å². The molecular formula is C19H18Cl4N2O. The lowest BCUT2D eigenvalue weighted by atomic mass is 9.96. The van der Waals surface area contributed by atoms with Crippen LogP contribution in [0.1, 0.15) is 18.4 Å². The average molecular weight is 432 g/mol. The van der Waals surface area contributed by atoms with Crippen LogP contribution in [0.5, 0.6) is 0 Å². The Labute approximate surface area is 173 Å². The van der Waals surface area contributed by atoms with Crippen molar-refractivity contribution in [3.63, 3.8) is 0 Å².